The molecule has 1 heterocycles. The maximum atomic E-state index is 13.4. The van der Waals surface area contributed by atoms with Gasteiger partial charge in [-0.05, 0) is 78.4 Å². The van der Waals surface area contributed by atoms with E-state index in [1.165, 1.54) is 5.56 Å². The summed E-state index contributed by atoms with van der Waals surface area (Å²) in [5.74, 6) is -0.107. The molecule has 1 aliphatic heterocycles. The van der Waals surface area contributed by atoms with Crippen LogP contribution in [-0.4, -0.2) is 26.7 Å². The molecule has 0 bridgehead atoms. The molecule has 0 aromatic heterocycles. The minimum absolute atomic E-state index is 0.0560. The lowest BCUT2D eigenvalue weighted by Crippen LogP contribution is -2.41. The molecular weight excluding hydrogens is 504 g/mol. The van der Waals surface area contributed by atoms with Crippen LogP contribution in [0, 0.1) is 0 Å². The van der Waals surface area contributed by atoms with Gasteiger partial charge < -0.3 is 19.8 Å². The maximum Gasteiger partial charge on any atom is 0.340 e. The molecule has 1 amide bonds. The Hall–Kier alpha value is -3.58. The highest BCUT2D eigenvalue weighted by atomic mass is 28.4. The molecule has 1 unspecified atom stereocenters. The van der Waals surface area contributed by atoms with Gasteiger partial charge in [0.15, 0.2) is 0 Å². The van der Waals surface area contributed by atoms with Crippen LogP contribution in [0.5, 0.6) is 5.75 Å². The lowest BCUT2D eigenvalue weighted by molar-refractivity contribution is -0.119. The van der Waals surface area contributed by atoms with Crippen molar-refractivity contribution in [3.63, 3.8) is 0 Å². The summed E-state index contributed by atoms with van der Waals surface area (Å²) >= 11 is 0. The van der Waals surface area contributed by atoms with E-state index in [2.05, 4.69) is 52.5 Å². The summed E-state index contributed by atoms with van der Waals surface area (Å²) < 4.78 is 11.9. The number of carbonyl (C=O) groups is 2. The van der Waals surface area contributed by atoms with Crippen molar-refractivity contribution in [3.05, 3.63) is 94.5 Å². The number of hydrogen-bond donors (Lipinski definition) is 1. The Morgan fingerprint density at radius 2 is 1.64 bits per heavy atom. The Kier molecular flexibility index (Phi) is 8.21. The van der Waals surface area contributed by atoms with Gasteiger partial charge in [0, 0.05) is 6.54 Å². The number of fused-ring (bicyclic) bond motifs is 1. The highest BCUT2D eigenvalue weighted by Gasteiger charge is 2.33. The van der Waals surface area contributed by atoms with Crippen molar-refractivity contribution >= 4 is 25.9 Å². The third-order valence-electron chi connectivity index (χ3n) is 6.86. The second-order valence-electron chi connectivity index (χ2n) is 12.2. The zero-order valence-electron chi connectivity index (χ0n) is 23.9. The van der Waals surface area contributed by atoms with Crippen LogP contribution in [0.25, 0.3) is 0 Å². The van der Waals surface area contributed by atoms with E-state index in [0.717, 1.165) is 41.0 Å². The molecule has 0 radical (unpaired) electrons. The number of rotatable bonds is 8. The minimum atomic E-state index is -1.76. The standard InChI is InChI=1S/C32H40N2O4Si/c1-32(2,3)25-16-12-22(13-17-25)21-37-31(36)27-11-7-9-23-10-8-20-34(28(23)27)29(30(33)35)24-14-18-26(19-15-24)38-39(4,5)6/h7,9,11-19,29H,8,10,20-21H2,1-6H3,(H2,33,35). The van der Waals surface area contributed by atoms with Crippen LogP contribution < -0.4 is 15.1 Å². The largest absolute Gasteiger partial charge is 0.544 e. The molecule has 3 aromatic carbocycles. The van der Waals surface area contributed by atoms with E-state index in [9.17, 15) is 9.59 Å². The molecule has 0 saturated heterocycles. The third kappa shape index (κ3) is 6.90. The third-order valence-corrected chi connectivity index (χ3v) is 7.71. The topological polar surface area (TPSA) is 81.9 Å². The Morgan fingerprint density at radius 1 is 0.974 bits per heavy atom. The number of benzene rings is 3. The summed E-state index contributed by atoms with van der Waals surface area (Å²) in [5.41, 5.74) is 11.1. The molecule has 0 aliphatic carbocycles. The number of carbonyl (C=O) groups excluding carboxylic acids is 2. The number of esters is 1. The number of hydrogen-bond acceptors (Lipinski definition) is 5. The smallest absolute Gasteiger partial charge is 0.340 e. The number of ether oxygens (including phenoxy) is 1. The number of nitrogens with zero attached hydrogens (tertiary/aromatic N) is 1. The number of anilines is 1. The van der Waals surface area contributed by atoms with Crippen molar-refractivity contribution in [2.24, 2.45) is 5.73 Å². The molecule has 7 heteroatoms. The number of primary amides is 1. The number of nitrogens with two attached hydrogens (primary N) is 1. The molecule has 39 heavy (non-hydrogen) atoms. The van der Waals surface area contributed by atoms with Gasteiger partial charge in [-0.25, -0.2) is 4.79 Å². The van der Waals surface area contributed by atoms with Crippen molar-refractivity contribution in [3.8, 4) is 5.75 Å². The first kappa shape index (κ1) is 28.4. The Labute approximate surface area is 233 Å². The summed E-state index contributed by atoms with van der Waals surface area (Å²) in [6, 6.07) is 20.6. The monoisotopic (exact) mass is 544 g/mol. The Morgan fingerprint density at radius 3 is 2.23 bits per heavy atom. The highest BCUT2D eigenvalue weighted by Crippen LogP contribution is 2.38. The summed E-state index contributed by atoms with van der Waals surface area (Å²) in [5, 5.41) is 0. The summed E-state index contributed by atoms with van der Waals surface area (Å²) in [7, 11) is -1.76. The molecule has 1 aliphatic rings. The van der Waals surface area contributed by atoms with Crippen LogP contribution in [0.4, 0.5) is 5.69 Å². The van der Waals surface area contributed by atoms with Crippen LogP contribution in [-0.2, 0) is 28.0 Å². The van der Waals surface area contributed by atoms with Gasteiger partial charge in [-0.2, -0.15) is 0 Å². The minimum Gasteiger partial charge on any atom is -0.544 e. The van der Waals surface area contributed by atoms with Gasteiger partial charge in [0.2, 0.25) is 14.2 Å². The molecule has 3 aromatic rings. The first-order valence-electron chi connectivity index (χ1n) is 13.6. The molecule has 0 fully saturated rings. The fourth-order valence-electron chi connectivity index (χ4n) is 5.00. The maximum absolute atomic E-state index is 13.4. The summed E-state index contributed by atoms with van der Waals surface area (Å²) in [6.07, 6.45) is 1.67. The normalized spacial score (nSPS) is 14.4. The van der Waals surface area contributed by atoms with Crippen molar-refractivity contribution in [1.82, 2.24) is 0 Å². The second-order valence-corrected chi connectivity index (χ2v) is 16.7. The first-order chi connectivity index (χ1) is 18.3. The predicted molar refractivity (Wildman–Crippen MR) is 159 cm³/mol. The fourth-order valence-corrected chi connectivity index (χ4v) is 5.85. The zero-order chi connectivity index (χ0) is 28.4. The Bertz CT molecular complexity index is 1320. The van der Waals surface area contributed by atoms with E-state index in [0.29, 0.717) is 12.1 Å². The van der Waals surface area contributed by atoms with Crippen LogP contribution in [0.1, 0.15) is 65.8 Å². The second kappa shape index (κ2) is 11.3. The lowest BCUT2D eigenvalue weighted by Gasteiger charge is -2.37. The van der Waals surface area contributed by atoms with E-state index in [1.807, 2.05) is 53.4 Å². The fraction of sp³-hybridized carbons (Fsp3) is 0.375. The SMILES string of the molecule is CC(C)(C)c1ccc(COC(=O)c2cccc3c2N(C(C(N)=O)c2ccc(O[Si](C)(C)C)cc2)CCC3)cc1. The van der Waals surface area contributed by atoms with Crippen molar-refractivity contribution in [2.45, 2.75) is 71.3 Å². The van der Waals surface area contributed by atoms with E-state index in [1.54, 1.807) is 6.07 Å². The average Bonchev–Trinajstić information content (AvgIpc) is 2.87. The van der Waals surface area contributed by atoms with Gasteiger partial charge >= 0.3 is 5.97 Å². The van der Waals surface area contributed by atoms with Crippen LogP contribution in [0.3, 0.4) is 0 Å². The zero-order valence-corrected chi connectivity index (χ0v) is 24.9. The van der Waals surface area contributed by atoms with E-state index >= 15 is 0 Å². The van der Waals surface area contributed by atoms with E-state index in [4.69, 9.17) is 14.9 Å². The predicted octanol–water partition coefficient (Wildman–Crippen LogP) is 6.53. The molecular formula is C32H40N2O4Si. The van der Waals surface area contributed by atoms with Gasteiger partial charge in [0.05, 0.1) is 11.3 Å². The van der Waals surface area contributed by atoms with Gasteiger partial charge in [-0.15, -0.1) is 0 Å². The highest BCUT2D eigenvalue weighted by molar-refractivity contribution is 6.70. The van der Waals surface area contributed by atoms with Crippen LogP contribution in [0.15, 0.2) is 66.7 Å². The van der Waals surface area contributed by atoms with Crippen LogP contribution in [0.2, 0.25) is 19.6 Å². The molecule has 0 saturated carbocycles. The van der Waals surface area contributed by atoms with Gasteiger partial charge in [-0.1, -0.05) is 69.3 Å². The molecule has 0 spiro atoms. The molecule has 4 rings (SSSR count). The van der Waals surface area contributed by atoms with Gasteiger partial charge in [0.1, 0.15) is 18.4 Å². The average molecular weight is 545 g/mol. The summed E-state index contributed by atoms with van der Waals surface area (Å²) in [6.45, 7) is 13.7. The van der Waals surface area contributed by atoms with E-state index < -0.39 is 26.2 Å². The number of para-hydroxylation sites is 1. The van der Waals surface area contributed by atoms with Gasteiger partial charge in [0.25, 0.3) is 0 Å². The van der Waals surface area contributed by atoms with Crippen molar-refractivity contribution in [1.29, 1.82) is 0 Å². The quantitative estimate of drug-likeness (QED) is 0.257. The van der Waals surface area contributed by atoms with Crippen molar-refractivity contribution in [2.75, 3.05) is 11.4 Å². The van der Waals surface area contributed by atoms with Crippen LogP contribution >= 0.6 is 0 Å². The number of aryl methyl sites for hydroxylation is 1. The molecule has 1 atom stereocenters. The first-order valence-corrected chi connectivity index (χ1v) is 17.0. The Balaban J connectivity index is 1.60. The molecule has 6 nitrogen and oxygen atoms in total. The molecule has 2 N–H and O–H groups in total. The lowest BCUT2D eigenvalue weighted by atomic mass is 9.87. The summed E-state index contributed by atoms with van der Waals surface area (Å²) in [4.78, 5) is 28.2. The van der Waals surface area contributed by atoms with Gasteiger partial charge in [-0.3, -0.25) is 4.79 Å². The number of amides is 1. The van der Waals surface area contributed by atoms with E-state index in [-0.39, 0.29) is 12.0 Å². The molecule has 206 valence electrons. The van der Waals surface area contributed by atoms with Crippen molar-refractivity contribution < 1.29 is 18.8 Å².